The smallest absolute Gasteiger partial charge is 0.229 e. The van der Waals surface area contributed by atoms with Crippen molar-refractivity contribution in [3.63, 3.8) is 0 Å². The predicted octanol–water partition coefficient (Wildman–Crippen LogP) is 4.06. The van der Waals surface area contributed by atoms with E-state index in [1.807, 2.05) is 25.1 Å². The zero-order valence-electron chi connectivity index (χ0n) is 12.9. The van der Waals surface area contributed by atoms with Crippen molar-refractivity contribution in [3.05, 3.63) is 42.2 Å². The number of hydrogen-bond acceptors (Lipinski definition) is 6. The first kappa shape index (κ1) is 15.0. The van der Waals surface area contributed by atoms with Crippen LogP contribution in [0, 0.1) is 5.92 Å². The topological polar surface area (TPSA) is 64.7 Å². The van der Waals surface area contributed by atoms with Crippen molar-refractivity contribution in [2.75, 3.05) is 0 Å². The Morgan fingerprint density at radius 1 is 1.09 bits per heavy atom. The summed E-state index contributed by atoms with van der Waals surface area (Å²) >= 11 is 1.59. The fraction of sp³-hybridized carbons (Fsp3) is 0.375. The zero-order chi connectivity index (χ0) is 15.5. The van der Waals surface area contributed by atoms with Crippen molar-refractivity contribution < 1.29 is 4.42 Å². The lowest BCUT2D eigenvalue weighted by Gasteiger charge is -2.07. The molecule has 0 saturated heterocycles. The van der Waals surface area contributed by atoms with E-state index in [-0.39, 0.29) is 5.25 Å². The van der Waals surface area contributed by atoms with Gasteiger partial charge in [0, 0.05) is 17.2 Å². The lowest BCUT2D eigenvalue weighted by atomic mass is 10.1. The summed E-state index contributed by atoms with van der Waals surface area (Å²) < 4.78 is 5.75. The molecule has 0 aliphatic rings. The van der Waals surface area contributed by atoms with Crippen molar-refractivity contribution in [1.29, 1.82) is 0 Å². The van der Waals surface area contributed by atoms with Crippen molar-refractivity contribution in [2.45, 2.75) is 37.5 Å². The molecule has 1 unspecified atom stereocenters. The van der Waals surface area contributed by atoms with Gasteiger partial charge in [-0.15, -0.1) is 15.3 Å². The van der Waals surface area contributed by atoms with E-state index in [9.17, 15) is 0 Å². The van der Waals surface area contributed by atoms with Gasteiger partial charge in [-0.3, -0.25) is 0 Å². The molecule has 6 heteroatoms. The summed E-state index contributed by atoms with van der Waals surface area (Å²) in [7, 11) is 0. The van der Waals surface area contributed by atoms with Crippen molar-refractivity contribution >= 4 is 22.5 Å². The number of aromatic nitrogens is 4. The van der Waals surface area contributed by atoms with Crippen LogP contribution in [0.5, 0.6) is 0 Å². The number of thioether (sulfide) groups is 1. The third-order valence-electron chi connectivity index (χ3n) is 3.24. The van der Waals surface area contributed by atoms with Gasteiger partial charge >= 0.3 is 0 Å². The van der Waals surface area contributed by atoms with Gasteiger partial charge in [0.05, 0.1) is 11.4 Å². The molecule has 0 aliphatic carbocycles. The Labute approximate surface area is 133 Å². The maximum atomic E-state index is 5.75. The highest BCUT2D eigenvalue weighted by molar-refractivity contribution is 7.99. The van der Waals surface area contributed by atoms with E-state index in [1.54, 1.807) is 18.0 Å². The van der Waals surface area contributed by atoms with Crippen LogP contribution in [-0.2, 0) is 6.42 Å². The lowest BCUT2D eigenvalue weighted by molar-refractivity contribution is 0.426. The molecule has 3 rings (SSSR count). The highest BCUT2D eigenvalue weighted by Gasteiger charge is 2.18. The molecule has 0 aliphatic heterocycles. The molecule has 114 valence electrons. The number of hydrogen-bond donors (Lipinski definition) is 0. The Morgan fingerprint density at radius 3 is 2.73 bits per heavy atom. The zero-order valence-corrected chi connectivity index (χ0v) is 13.7. The summed E-state index contributed by atoms with van der Waals surface area (Å²) in [5.41, 5.74) is 0. The standard InChI is InChI=1S/C16H18N4OS/c1-10(2)8-14-18-19-15(21-14)11(3)22-16-13-7-5-4-6-12(13)9-17-20-16/h4-7,9-11H,8H2,1-3H3. The highest BCUT2D eigenvalue weighted by atomic mass is 32.2. The Hall–Kier alpha value is -1.95. The average Bonchev–Trinajstić information content (AvgIpc) is 2.95. The summed E-state index contributed by atoms with van der Waals surface area (Å²) in [6, 6.07) is 8.09. The summed E-state index contributed by atoms with van der Waals surface area (Å²) in [5.74, 6) is 1.83. The van der Waals surface area contributed by atoms with Crippen LogP contribution in [0.2, 0.25) is 0 Å². The van der Waals surface area contributed by atoms with Crippen LogP contribution < -0.4 is 0 Å². The maximum Gasteiger partial charge on any atom is 0.229 e. The third kappa shape index (κ3) is 3.27. The normalized spacial score (nSPS) is 12.9. The molecule has 0 spiro atoms. The first-order chi connectivity index (χ1) is 10.6. The molecule has 3 aromatic rings. The lowest BCUT2D eigenvalue weighted by Crippen LogP contribution is -1.93. The summed E-state index contributed by atoms with van der Waals surface area (Å²) in [6.07, 6.45) is 2.58. The largest absolute Gasteiger partial charge is 0.424 e. The van der Waals surface area contributed by atoms with E-state index in [1.165, 1.54) is 0 Å². The molecule has 2 aromatic heterocycles. The second-order valence-corrected chi connectivity index (χ2v) is 6.96. The van der Waals surface area contributed by atoms with Gasteiger partial charge in [-0.05, 0) is 12.8 Å². The average molecular weight is 314 g/mol. The molecule has 0 amide bonds. The van der Waals surface area contributed by atoms with Gasteiger partial charge < -0.3 is 4.42 Å². The van der Waals surface area contributed by atoms with Crippen LogP contribution in [0.3, 0.4) is 0 Å². The van der Waals surface area contributed by atoms with Gasteiger partial charge in [-0.2, -0.15) is 5.10 Å². The molecule has 0 fully saturated rings. The molecule has 0 N–H and O–H groups in total. The Kier molecular flexibility index (Phi) is 4.38. The van der Waals surface area contributed by atoms with Crippen LogP contribution in [0.1, 0.15) is 37.8 Å². The third-order valence-corrected chi connectivity index (χ3v) is 4.32. The van der Waals surface area contributed by atoms with E-state index in [4.69, 9.17) is 4.42 Å². The minimum absolute atomic E-state index is 0.0357. The van der Waals surface area contributed by atoms with Crippen LogP contribution in [0.15, 0.2) is 39.9 Å². The van der Waals surface area contributed by atoms with Gasteiger partial charge in [0.2, 0.25) is 11.8 Å². The number of rotatable bonds is 5. The Morgan fingerprint density at radius 2 is 1.91 bits per heavy atom. The minimum Gasteiger partial charge on any atom is -0.424 e. The molecule has 0 radical (unpaired) electrons. The molecule has 0 saturated carbocycles. The Balaban J connectivity index is 1.81. The van der Waals surface area contributed by atoms with Gasteiger partial charge in [-0.1, -0.05) is 49.9 Å². The molecule has 2 heterocycles. The monoisotopic (exact) mass is 314 g/mol. The summed E-state index contributed by atoms with van der Waals surface area (Å²) in [6.45, 7) is 6.31. The number of nitrogens with zero attached hydrogens (tertiary/aromatic N) is 4. The van der Waals surface area contributed by atoms with Gasteiger partial charge in [0.15, 0.2) is 0 Å². The van der Waals surface area contributed by atoms with Crippen molar-refractivity contribution in [3.8, 4) is 0 Å². The summed E-state index contributed by atoms with van der Waals surface area (Å²) in [5, 5.41) is 19.7. The maximum absolute atomic E-state index is 5.75. The van der Waals surface area contributed by atoms with E-state index >= 15 is 0 Å². The number of benzene rings is 1. The highest BCUT2D eigenvalue weighted by Crippen LogP contribution is 2.36. The van der Waals surface area contributed by atoms with Crippen LogP contribution in [-0.4, -0.2) is 20.4 Å². The van der Waals surface area contributed by atoms with E-state index in [0.29, 0.717) is 17.7 Å². The second kappa shape index (κ2) is 6.44. The van der Waals surface area contributed by atoms with Gasteiger partial charge in [0.25, 0.3) is 0 Å². The second-order valence-electron chi connectivity index (χ2n) is 5.63. The number of fused-ring (bicyclic) bond motifs is 1. The van der Waals surface area contributed by atoms with Crippen molar-refractivity contribution in [1.82, 2.24) is 20.4 Å². The molecule has 0 bridgehead atoms. The first-order valence-corrected chi connectivity index (χ1v) is 8.21. The molecular formula is C16H18N4OS. The summed E-state index contributed by atoms with van der Waals surface area (Å²) in [4.78, 5) is 0. The minimum atomic E-state index is 0.0357. The Bertz CT molecular complexity index is 766. The predicted molar refractivity (Wildman–Crippen MR) is 86.7 cm³/mol. The van der Waals surface area contributed by atoms with Gasteiger partial charge in [0.1, 0.15) is 5.03 Å². The van der Waals surface area contributed by atoms with E-state index in [0.717, 1.165) is 22.2 Å². The first-order valence-electron chi connectivity index (χ1n) is 7.33. The molecule has 5 nitrogen and oxygen atoms in total. The quantitative estimate of drug-likeness (QED) is 0.662. The molecular weight excluding hydrogens is 296 g/mol. The fourth-order valence-electron chi connectivity index (χ4n) is 2.17. The van der Waals surface area contributed by atoms with Crippen LogP contribution >= 0.6 is 11.8 Å². The fourth-order valence-corrected chi connectivity index (χ4v) is 3.11. The van der Waals surface area contributed by atoms with Gasteiger partial charge in [-0.25, -0.2) is 0 Å². The van der Waals surface area contributed by atoms with Crippen LogP contribution in [0.4, 0.5) is 0 Å². The SMILES string of the molecule is CC(C)Cc1nnc(C(C)Sc2nncc3ccccc23)o1. The molecule has 22 heavy (non-hydrogen) atoms. The molecule has 1 atom stereocenters. The van der Waals surface area contributed by atoms with Crippen LogP contribution in [0.25, 0.3) is 10.8 Å². The van der Waals surface area contributed by atoms with E-state index in [2.05, 4.69) is 40.3 Å². The van der Waals surface area contributed by atoms with E-state index < -0.39 is 0 Å². The van der Waals surface area contributed by atoms with Crippen molar-refractivity contribution in [2.24, 2.45) is 5.92 Å². The molecule has 1 aromatic carbocycles.